The van der Waals surface area contributed by atoms with E-state index in [1.165, 1.54) is 23.5 Å². The van der Waals surface area contributed by atoms with Gasteiger partial charge >= 0.3 is 5.97 Å². The van der Waals surface area contributed by atoms with Gasteiger partial charge in [0.2, 0.25) is 0 Å². The van der Waals surface area contributed by atoms with Crippen LogP contribution in [0.5, 0.6) is 0 Å². The first-order chi connectivity index (χ1) is 18.4. The summed E-state index contributed by atoms with van der Waals surface area (Å²) < 4.78 is 5.63. The fourth-order valence-electron chi connectivity index (χ4n) is 5.06. The van der Waals surface area contributed by atoms with Crippen molar-refractivity contribution in [3.05, 3.63) is 81.2 Å². The second-order valence-corrected chi connectivity index (χ2v) is 10.9. The Morgan fingerprint density at radius 3 is 2.58 bits per heavy atom. The van der Waals surface area contributed by atoms with Crippen LogP contribution in [0, 0.1) is 0 Å². The number of fused-ring (bicyclic) bond motifs is 1. The molecule has 0 bridgehead atoms. The highest BCUT2D eigenvalue weighted by molar-refractivity contribution is 7.17. The lowest BCUT2D eigenvalue weighted by molar-refractivity contribution is -0.0212. The number of anilines is 2. The van der Waals surface area contributed by atoms with Gasteiger partial charge in [-0.15, -0.1) is 11.3 Å². The number of benzene rings is 2. The summed E-state index contributed by atoms with van der Waals surface area (Å²) in [5, 5.41) is 15.6. The molecule has 0 spiro atoms. The number of aryl methyl sites for hydroxylation is 1. The van der Waals surface area contributed by atoms with E-state index in [9.17, 15) is 14.4 Å². The van der Waals surface area contributed by atoms with Crippen molar-refractivity contribution in [1.29, 1.82) is 0 Å². The standard InChI is InChI=1S/C29H31N3O5S/c1-18-16-32(13-14-37-18)17-19-5-4-6-21(15-19)26(33)31-28-25(23-7-2-3-8-24(23)38-28)27(34)30-22-11-9-20(10-12-22)29(35)36/h4-6,9-12,15,18H,2-3,7-8,13-14,16-17H2,1H3,(H,30,34)(H,31,33)(H,35,36). The number of carboxylic acids is 1. The maximum atomic E-state index is 13.4. The summed E-state index contributed by atoms with van der Waals surface area (Å²) in [6, 6.07) is 13.7. The summed E-state index contributed by atoms with van der Waals surface area (Å²) in [7, 11) is 0. The number of thiophene rings is 1. The van der Waals surface area contributed by atoms with Crippen LogP contribution in [0.25, 0.3) is 0 Å². The first kappa shape index (κ1) is 26.1. The predicted octanol–water partition coefficient (Wildman–Crippen LogP) is 5.05. The SMILES string of the molecule is CC1CN(Cc2cccc(C(=O)Nc3sc4c(c3C(=O)Nc3ccc(C(=O)O)cc3)CCCC4)c2)CCO1. The maximum Gasteiger partial charge on any atom is 0.335 e. The molecule has 8 nitrogen and oxygen atoms in total. The Morgan fingerprint density at radius 2 is 1.82 bits per heavy atom. The van der Waals surface area contributed by atoms with E-state index >= 15 is 0 Å². The molecular formula is C29H31N3O5S. The molecule has 1 fully saturated rings. The van der Waals surface area contributed by atoms with Gasteiger partial charge < -0.3 is 20.5 Å². The van der Waals surface area contributed by atoms with E-state index in [0.717, 1.165) is 61.3 Å². The van der Waals surface area contributed by atoms with Crippen LogP contribution in [0.1, 0.15) is 66.8 Å². The van der Waals surface area contributed by atoms with Crippen molar-refractivity contribution < 1.29 is 24.2 Å². The molecule has 2 aliphatic rings. The summed E-state index contributed by atoms with van der Waals surface area (Å²) in [4.78, 5) is 41.4. The number of carboxylic acid groups (broad SMARTS) is 1. The third-order valence-corrected chi connectivity index (χ3v) is 8.14. The molecule has 1 saturated heterocycles. The molecule has 9 heteroatoms. The third kappa shape index (κ3) is 5.96. The third-order valence-electron chi connectivity index (χ3n) is 6.94. The van der Waals surface area contributed by atoms with Crippen LogP contribution in [0.3, 0.4) is 0 Å². The van der Waals surface area contributed by atoms with Gasteiger partial charge in [-0.25, -0.2) is 4.79 Å². The van der Waals surface area contributed by atoms with E-state index in [0.29, 0.717) is 28.4 Å². The maximum absolute atomic E-state index is 13.4. The van der Waals surface area contributed by atoms with Crippen molar-refractivity contribution in [2.75, 3.05) is 30.3 Å². The van der Waals surface area contributed by atoms with Gasteiger partial charge in [-0.1, -0.05) is 12.1 Å². The summed E-state index contributed by atoms with van der Waals surface area (Å²) in [6.45, 7) is 5.23. The smallest absolute Gasteiger partial charge is 0.335 e. The molecule has 198 valence electrons. The van der Waals surface area contributed by atoms with E-state index in [2.05, 4.69) is 22.5 Å². The highest BCUT2D eigenvalue weighted by Gasteiger charge is 2.27. The molecule has 1 atom stereocenters. The van der Waals surface area contributed by atoms with Gasteiger partial charge in [-0.3, -0.25) is 14.5 Å². The Kier molecular flexibility index (Phi) is 7.87. The monoisotopic (exact) mass is 533 g/mol. The number of hydrogen-bond acceptors (Lipinski definition) is 6. The second kappa shape index (κ2) is 11.5. The molecule has 3 aromatic rings. The number of ether oxygens (including phenoxy) is 1. The van der Waals surface area contributed by atoms with Crippen molar-refractivity contribution in [3.63, 3.8) is 0 Å². The summed E-state index contributed by atoms with van der Waals surface area (Å²) in [6.07, 6.45) is 3.92. The van der Waals surface area contributed by atoms with Crippen LogP contribution < -0.4 is 10.6 Å². The number of morpholine rings is 1. The van der Waals surface area contributed by atoms with Crippen molar-refractivity contribution in [2.24, 2.45) is 0 Å². The van der Waals surface area contributed by atoms with Crippen LogP contribution in [-0.4, -0.2) is 53.6 Å². The summed E-state index contributed by atoms with van der Waals surface area (Å²) >= 11 is 1.47. The first-order valence-corrected chi connectivity index (χ1v) is 13.7. The molecule has 1 aliphatic heterocycles. The fourth-order valence-corrected chi connectivity index (χ4v) is 6.34. The molecule has 38 heavy (non-hydrogen) atoms. The number of carbonyl (C=O) groups excluding carboxylic acids is 2. The van der Waals surface area contributed by atoms with Crippen molar-refractivity contribution >= 4 is 39.8 Å². The zero-order valence-electron chi connectivity index (χ0n) is 21.3. The zero-order chi connectivity index (χ0) is 26.6. The Bertz CT molecular complexity index is 1350. The van der Waals surface area contributed by atoms with Gasteiger partial charge in [0.1, 0.15) is 5.00 Å². The quantitative estimate of drug-likeness (QED) is 0.392. The molecular weight excluding hydrogens is 502 g/mol. The minimum Gasteiger partial charge on any atom is -0.478 e. The number of nitrogens with one attached hydrogen (secondary N) is 2. The average molecular weight is 534 g/mol. The lowest BCUT2D eigenvalue weighted by atomic mass is 9.95. The summed E-state index contributed by atoms with van der Waals surface area (Å²) in [5.41, 5.74) is 3.74. The molecule has 2 aromatic carbocycles. The molecule has 2 amide bonds. The van der Waals surface area contributed by atoms with E-state index in [-0.39, 0.29) is 23.5 Å². The van der Waals surface area contributed by atoms with Crippen LogP contribution in [0.2, 0.25) is 0 Å². The van der Waals surface area contributed by atoms with Crippen molar-refractivity contribution in [1.82, 2.24) is 4.90 Å². The van der Waals surface area contributed by atoms with E-state index < -0.39 is 5.97 Å². The predicted molar refractivity (Wildman–Crippen MR) is 147 cm³/mol. The topological polar surface area (TPSA) is 108 Å². The van der Waals surface area contributed by atoms with E-state index in [1.54, 1.807) is 18.2 Å². The van der Waals surface area contributed by atoms with Gasteiger partial charge in [0, 0.05) is 35.8 Å². The number of hydrogen-bond donors (Lipinski definition) is 3. The molecule has 3 N–H and O–H groups in total. The van der Waals surface area contributed by atoms with Gasteiger partial charge in [0.15, 0.2) is 0 Å². The molecule has 2 heterocycles. The Morgan fingerprint density at radius 1 is 1.03 bits per heavy atom. The molecule has 0 radical (unpaired) electrons. The van der Waals surface area contributed by atoms with Crippen LogP contribution in [0.4, 0.5) is 10.7 Å². The molecule has 5 rings (SSSR count). The van der Waals surface area contributed by atoms with Gasteiger partial charge in [0.05, 0.1) is 23.8 Å². The highest BCUT2D eigenvalue weighted by atomic mass is 32.1. The molecule has 1 aliphatic carbocycles. The minimum atomic E-state index is -1.02. The Balaban J connectivity index is 1.35. The van der Waals surface area contributed by atoms with Crippen LogP contribution in [-0.2, 0) is 24.1 Å². The first-order valence-electron chi connectivity index (χ1n) is 12.9. The largest absolute Gasteiger partial charge is 0.478 e. The zero-order valence-corrected chi connectivity index (χ0v) is 22.1. The number of rotatable bonds is 7. The normalized spacial score (nSPS) is 17.4. The van der Waals surface area contributed by atoms with E-state index in [4.69, 9.17) is 9.84 Å². The highest BCUT2D eigenvalue weighted by Crippen LogP contribution is 2.39. The fraction of sp³-hybridized carbons (Fsp3) is 0.345. The van der Waals surface area contributed by atoms with Gasteiger partial charge in [0.25, 0.3) is 11.8 Å². The lowest BCUT2D eigenvalue weighted by Crippen LogP contribution is -2.40. The minimum absolute atomic E-state index is 0.147. The number of nitrogens with zero attached hydrogens (tertiary/aromatic N) is 1. The summed E-state index contributed by atoms with van der Waals surface area (Å²) in [5.74, 6) is -1.58. The van der Waals surface area contributed by atoms with Crippen molar-refractivity contribution in [3.8, 4) is 0 Å². The van der Waals surface area contributed by atoms with E-state index in [1.807, 2.05) is 18.2 Å². The Labute approximate surface area is 225 Å². The Hall–Kier alpha value is -3.53. The number of amides is 2. The molecule has 1 aromatic heterocycles. The van der Waals surface area contributed by atoms with Gasteiger partial charge in [-0.05, 0) is 80.1 Å². The van der Waals surface area contributed by atoms with Crippen LogP contribution >= 0.6 is 11.3 Å². The molecule has 0 saturated carbocycles. The molecule has 1 unspecified atom stereocenters. The van der Waals surface area contributed by atoms with Gasteiger partial charge in [-0.2, -0.15) is 0 Å². The average Bonchev–Trinajstić information content (AvgIpc) is 3.27. The van der Waals surface area contributed by atoms with Crippen molar-refractivity contribution in [2.45, 2.75) is 45.3 Å². The second-order valence-electron chi connectivity index (χ2n) is 9.82. The number of aromatic carboxylic acids is 1. The lowest BCUT2D eigenvalue weighted by Gasteiger charge is -2.31. The number of carbonyl (C=O) groups is 3. The van der Waals surface area contributed by atoms with Crippen LogP contribution in [0.15, 0.2) is 48.5 Å².